The molecule has 0 saturated heterocycles. The standard InChI is InChI=1S/C16H14N2O6S/c1-10-3-2-4-11(7-10)23-15(19)9-17-25(21,22)12-5-6-13-14(8-12)24-16(20)18-13/h2-8,17H,9H2,1H3,(H,18,20). The molecule has 0 unspecified atom stereocenters. The molecule has 0 bridgehead atoms. The summed E-state index contributed by atoms with van der Waals surface area (Å²) in [5.74, 6) is -1.10. The quantitative estimate of drug-likeness (QED) is 0.522. The second kappa shape index (κ2) is 6.54. The second-order valence-electron chi connectivity index (χ2n) is 5.29. The number of H-pyrrole nitrogens is 1. The molecule has 25 heavy (non-hydrogen) atoms. The molecule has 9 heteroatoms. The first-order valence-electron chi connectivity index (χ1n) is 7.23. The van der Waals surface area contributed by atoms with Crippen molar-refractivity contribution in [2.45, 2.75) is 11.8 Å². The summed E-state index contributed by atoms with van der Waals surface area (Å²) in [5.41, 5.74) is 1.39. The van der Waals surface area contributed by atoms with E-state index in [0.29, 0.717) is 11.3 Å². The Hall–Kier alpha value is -2.91. The molecule has 2 aromatic carbocycles. The highest BCUT2D eigenvalue weighted by Crippen LogP contribution is 2.16. The van der Waals surface area contributed by atoms with Crippen LogP contribution in [0.1, 0.15) is 5.56 Å². The van der Waals surface area contributed by atoms with Crippen molar-refractivity contribution < 1.29 is 22.4 Å². The number of nitrogens with one attached hydrogen (secondary N) is 2. The van der Waals surface area contributed by atoms with Gasteiger partial charge in [0.1, 0.15) is 12.3 Å². The Balaban J connectivity index is 1.69. The first kappa shape index (κ1) is 16.9. The van der Waals surface area contributed by atoms with Crippen LogP contribution in [-0.4, -0.2) is 25.9 Å². The lowest BCUT2D eigenvalue weighted by Gasteiger charge is -2.07. The molecule has 0 aliphatic rings. The predicted octanol–water partition coefficient (Wildman–Crippen LogP) is 1.31. The number of rotatable bonds is 5. The van der Waals surface area contributed by atoms with Crippen molar-refractivity contribution in [2.24, 2.45) is 0 Å². The van der Waals surface area contributed by atoms with Crippen molar-refractivity contribution in [3.63, 3.8) is 0 Å². The third-order valence-corrected chi connectivity index (χ3v) is 4.73. The molecular weight excluding hydrogens is 348 g/mol. The fourth-order valence-electron chi connectivity index (χ4n) is 2.18. The monoisotopic (exact) mass is 362 g/mol. The van der Waals surface area contributed by atoms with E-state index in [0.717, 1.165) is 5.56 Å². The fourth-order valence-corrected chi connectivity index (χ4v) is 3.16. The van der Waals surface area contributed by atoms with Crippen molar-refractivity contribution >= 4 is 27.1 Å². The van der Waals surface area contributed by atoms with Gasteiger partial charge in [0.2, 0.25) is 10.0 Å². The Morgan fingerprint density at radius 2 is 2.04 bits per heavy atom. The van der Waals surface area contributed by atoms with Gasteiger partial charge < -0.3 is 9.15 Å². The van der Waals surface area contributed by atoms with Crippen LogP contribution in [0, 0.1) is 6.92 Å². The third-order valence-electron chi connectivity index (χ3n) is 3.33. The van der Waals surface area contributed by atoms with E-state index in [-0.39, 0.29) is 10.5 Å². The van der Waals surface area contributed by atoms with Gasteiger partial charge in [-0.1, -0.05) is 12.1 Å². The van der Waals surface area contributed by atoms with Crippen LogP contribution >= 0.6 is 0 Å². The average molecular weight is 362 g/mol. The summed E-state index contributed by atoms with van der Waals surface area (Å²) in [7, 11) is -3.96. The number of aromatic nitrogens is 1. The number of sulfonamides is 1. The molecule has 0 atom stereocenters. The van der Waals surface area contributed by atoms with Gasteiger partial charge >= 0.3 is 11.7 Å². The normalized spacial score (nSPS) is 11.6. The minimum Gasteiger partial charge on any atom is -0.426 e. The zero-order valence-corrected chi connectivity index (χ0v) is 13.9. The van der Waals surface area contributed by atoms with Crippen LogP contribution in [0.25, 0.3) is 11.1 Å². The number of aromatic amines is 1. The third kappa shape index (κ3) is 3.95. The van der Waals surface area contributed by atoms with E-state index >= 15 is 0 Å². The molecule has 0 saturated carbocycles. The van der Waals surface area contributed by atoms with Crippen molar-refractivity contribution in [3.05, 3.63) is 58.6 Å². The summed E-state index contributed by atoms with van der Waals surface area (Å²) in [6, 6.07) is 10.7. The topological polar surface area (TPSA) is 118 Å². The van der Waals surface area contributed by atoms with Crippen LogP contribution in [0.4, 0.5) is 0 Å². The first-order chi connectivity index (χ1) is 11.8. The van der Waals surface area contributed by atoms with E-state index < -0.39 is 28.3 Å². The van der Waals surface area contributed by atoms with Gasteiger partial charge in [0.05, 0.1) is 10.4 Å². The minimum atomic E-state index is -3.96. The summed E-state index contributed by atoms with van der Waals surface area (Å²) in [6.45, 7) is 1.31. The SMILES string of the molecule is Cc1cccc(OC(=O)CNS(=O)(=O)c2ccc3[nH]c(=O)oc3c2)c1. The van der Waals surface area contributed by atoms with Crippen LogP contribution < -0.4 is 15.2 Å². The van der Waals surface area contributed by atoms with E-state index in [9.17, 15) is 18.0 Å². The van der Waals surface area contributed by atoms with E-state index in [4.69, 9.17) is 9.15 Å². The van der Waals surface area contributed by atoms with Crippen LogP contribution in [-0.2, 0) is 14.8 Å². The number of hydrogen-bond donors (Lipinski definition) is 2. The molecule has 0 amide bonds. The maximum absolute atomic E-state index is 12.2. The average Bonchev–Trinajstić information content (AvgIpc) is 2.92. The van der Waals surface area contributed by atoms with Gasteiger partial charge in [-0.05, 0) is 36.8 Å². The molecule has 1 aromatic heterocycles. The number of oxazole rings is 1. The Morgan fingerprint density at radius 1 is 1.24 bits per heavy atom. The molecular formula is C16H14N2O6S. The lowest BCUT2D eigenvalue weighted by atomic mass is 10.2. The Bertz CT molecular complexity index is 1100. The lowest BCUT2D eigenvalue weighted by molar-refractivity contribution is -0.133. The Morgan fingerprint density at radius 3 is 2.80 bits per heavy atom. The fraction of sp³-hybridized carbons (Fsp3) is 0.125. The summed E-state index contributed by atoms with van der Waals surface area (Å²) in [6.07, 6.45) is 0. The first-order valence-corrected chi connectivity index (χ1v) is 8.72. The highest BCUT2D eigenvalue weighted by molar-refractivity contribution is 7.89. The minimum absolute atomic E-state index is 0.107. The number of aryl methyl sites for hydroxylation is 1. The molecule has 2 N–H and O–H groups in total. The van der Waals surface area contributed by atoms with E-state index in [1.807, 2.05) is 13.0 Å². The van der Waals surface area contributed by atoms with Gasteiger partial charge in [-0.15, -0.1) is 0 Å². The molecule has 0 radical (unpaired) electrons. The van der Waals surface area contributed by atoms with E-state index in [1.54, 1.807) is 18.2 Å². The van der Waals surface area contributed by atoms with Crippen LogP contribution in [0.5, 0.6) is 5.75 Å². The number of hydrogen-bond acceptors (Lipinski definition) is 6. The number of carbonyl (C=O) groups is 1. The highest BCUT2D eigenvalue weighted by Gasteiger charge is 2.18. The maximum atomic E-state index is 12.2. The van der Waals surface area contributed by atoms with Crippen molar-refractivity contribution in [2.75, 3.05) is 6.54 Å². The number of carbonyl (C=O) groups excluding carboxylic acids is 1. The maximum Gasteiger partial charge on any atom is 0.417 e. The molecule has 0 aliphatic heterocycles. The summed E-state index contributed by atoms with van der Waals surface area (Å²) in [4.78, 5) is 25.2. The summed E-state index contributed by atoms with van der Waals surface area (Å²) in [5, 5.41) is 0. The number of ether oxygens (including phenoxy) is 1. The molecule has 130 valence electrons. The van der Waals surface area contributed by atoms with Crippen LogP contribution in [0.15, 0.2) is 56.6 Å². The van der Waals surface area contributed by atoms with Crippen molar-refractivity contribution in [1.29, 1.82) is 0 Å². The van der Waals surface area contributed by atoms with E-state index in [2.05, 4.69) is 9.71 Å². The molecule has 1 heterocycles. The van der Waals surface area contributed by atoms with Crippen LogP contribution in [0.3, 0.4) is 0 Å². The smallest absolute Gasteiger partial charge is 0.417 e. The molecule has 3 aromatic rings. The summed E-state index contributed by atoms with van der Waals surface area (Å²) < 4.78 is 36.5. The second-order valence-corrected chi connectivity index (χ2v) is 7.05. The number of fused-ring (bicyclic) bond motifs is 1. The van der Waals surface area contributed by atoms with Crippen molar-refractivity contribution in [3.8, 4) is 5.75 Å². The zero-order valence-electron chi connectivity index (χ0n) is 13.1. The molecule has 0 fully saturated rings. The number of benzene rings is 2. The zero-order chi connectivity index (χ0) is 18.0. The van der Waals surface area contributed by atoms with Gasteiger partial charge in [0.15, 0.2) is 5.58 Å². The van der Waals surface area contributed by atoms with Gasteiger partial charge in [-0.25, -0.2) is 13.2 Å². The van der Waals surface area contributed by atoms with Gasteiger partial charge in [-0.2, -0.15) is 4.72 Å². The molecule has 0 spiro atoms. The summed E-state index contributed by atoms with van der Waals surface area (Å²) >= 11 is 0. The number of esters is 1. The molecule has 0 aliphatic carbocycles. The lowest BCUT2D eigenvalue weighted by Crippen LogP contribution is -2.31. The Labute approximate surface area is 142 Å². The van der Waals surface area contributed by atoms with Gasteiger partial charge in [-0.3, -0.25) is 9.78 Å². The van der Waals surface area contributed by atoms with Gasteiger partial charge in [0, 0.05) is 6.07 Å². The van der Waals surface area contributed by atoms with Crippen LogP contribution in [0.2, 0.25) is 0 Å². The largest absolute Gasteiger partial charge is 0.426 e. The molecule has 3 rings (SSSR count). The van der Waals surface area contributed by atoms with Gasteiger partial charge in [0.25, 0.3) is 0 Å². The Kier molecular flexibility index (Phi) is 4.43. The highest BCUT2D eigenvalue weighted by atomic mass is 32.2. The molecule has 8 nitrogen and oxygen atoms in total. The predicted molar refractivity (Wildman–Crippen MR) is 88.8 cm³/mol. The van der Waals surface area contributed by atoms with Crippen molar-refractivity contribution in [1.82, 2.24) is 9.71 Å². The van der Waals surface area contributed by atoms with E-state index in [1.165, 1.54) is 18.2 Å².